The Morgan fingerprint density at radius 3 is 2.50 bits per heavy atom. The third kappa shape index (κ3) is 5.77. The van der Waals surface area contributed by atoms with Gasteiger partial charge in [-0.3, -0.25) is 9.59 Å². The summed E-state index contributed by atoms with van der Waals surface area (Å²) in [5.74, 6) is -4.40. The summed E-state index contributed by atoms with van der Waals surface area (Å²) in [5.41, 5.74) is 5.51. The van der Waals surface area contributed by atoms with Crippen molar-refractivity contribution in [3.63, 3.8) is 0 Å². The lowest BCUT2D eigenvalue weighted by molar-refractivity contribution is -0.119. The number of hydrazone groups is 1. The van der Waals surface area contributed by atoms with E-state index < -0.39 is 29.5 Å². The smallest absolute Gasteiger partial charge is 0.267 e. The number of hydrogen-bond donors (Lipinski definition) is 1. The van der Waals surface area contributed by atoms with Crippen LogP contribution in [0.15, 0.2) is 35.7 Å². The van der Waals surface area contributed by atoms with Gasteiger partial charge in [0.1, 0.15) is 29.5 Å². The van der Waals surface area contributed by atoms with E-state index in [2.05, 4.69) is 15.1 Å². The lowest BCUT2D eigenvalue weighted by Gasteiger charge is -2.33. The predicted octanol–water partition coefficient (Wildman–Crippen LogP) is 2.66. The Kier molecular flexibility index (Phi) is 7.01. The van der Waals surface area contributed by atoms with Gasteiger partial charge in [-0.2, -0.15) is 5.10 Å². The number of carbonyl (C=O) groups excluding carboxylic acids is 2. The normalized spacial score (nSPS) is 19.3. The van der Waals surface area contributed by atoms with Crippen molar-refractivity contribution < 1.29 is 27.2 Å². The number of alkyl halides is 2. The van der Waals surface area contributed by atoms with Crippen molar-refractivity contribution in [1.82, 2.24) is 15.0 Å². The molecule has 0 radical (unpaired) electrons. The van der Waals surface area contributed by atoms with Crippen LogP contribution in [-0.4, -0.2) is 52.5 Å². The standard InChI is InChI=1S/C10H12F2N4O.C10H8F2N2O/c11-10(12)2-1-3-16(5-10)8-4-7(9(13)17)14-6-15-8;11-8-3-7(4-9(12)5-8)10-1-2-13-14(10)6-15/h4,6H,1-3,5H2,(H2,13,17);2-6,10H,1H2. The predicted molar refractivity (Wildman–Crippen MR) is 107 cm³/mol. The van der Waals surface area contributed by atoms with Crippen molar-refractivity contribution in [3.8, 4) is 0 Å². The van der Waals surface area contributed by atoms with Crippen molar-refractivity contribution in [2.75, 3.05) is 18.0 Å². The largest absolute Gasteiger partial charge is 0.364 e. The van der Waals surface area contributed by atoms with E-state index in [4.69, 9.17) is 5.73 Å². The number of anilines is 1. The van der Waals surface area contributed by atoms with E-state index in [0.29, 0.717) is 37.2 Å². The van der Waals surface area contributed by atoms with Crippen LogP contribution in [-0.2, 0) is 4.79 Å². The molecular formula is C20H20F4N6O2. The van der Waals surface area contributed by atoms with Crippen LogP contribution in [0.4, 0.5) is 23.4 Å². The van der Waals surface area contributed by atoms with E-state index in [1.54, 1.807) is 6.21 Å². The van der Waals surface area contributed by atoms with Crippen LogP contribution in [0, 0.1) is 11.6 Å². The topological polar surface area (TPSA) is 105 Å². The number of nitrogens with two attached hydrogens (primary N) is 1. The van der Waals surface area contributed by atoms with E-state index in [0.717, 1.165) is 17.4 Å². The summed E-state index contributed by atoms with van der Waals surface area (Å²) in [6.45, 7) is 0.104. The lowest BCUT2D eigenvalue weighted by Crippen LogP contribution is -2.43. The summed E-state index contributed by atoms with van der Waals surface area (Å²) in [7, 11) is 0. The fourth-order valence-corrected chi connectivity index (χ4v) is 3.40. The average Bonchev–Trinajstić information content (AvgIpc) is 3.22. The zero-order chi connectivity index (χ0) is 23.3. The number of benzene rings is 1. The van der Waals surface area contributed by atoms with Gasteiger partial charge in [-0.15, -0.1) is 0 Å². The SMILES string of the molecule is NC(=O)c1cc(N2CCCC(F)(F)C2)ncn1.O=CN1N=CCC1c1cc(F)cc(F)c1. The highest BCUT2D eigenvalue weighted by atomic mass is 19.3. The van der Waals surface area contributed by atoms with Gasteiger partial charge in [0.05, 0.1) is 12.6 Å². The van der Waals surface area contributed by atoms with E-state index >= 15 is 0 Å². The minimum Gasteiger partial charge on any atom is -0.364 e. The molecule has 12 heteroatoms. The number of carbonyl (C=O) groups is 2. The van der Waals surface area contributed by atoms with E-state index in [-0.39, 0.29) is 18.7 Å². The van der Waals surface area contributed by atoms with Crippen LogP contribution in [0.25, 0.3) is 0 Å². The molecule has 1 atom stereocenters. The highest BCUT2D eigenvalue weighted by molar-refractivity contribution is 5.91. The van der Waals surface area contributed by atoms with Gasteiger partial charge < -0.3 is 10.6 Å². The molecule has 0 aliphatic carbocycles. The first-order valence-corrected chi connectivity index (χ1v) is 9.65. The Balaban J connectivity index is 0.000000182. The molecule has 2 aliphatic rings. The molecule has 3 heterocycles. The Morgan fingerprint density at radius 1 is 1.16 bits per heavy atom. The molecule has 0 saturated carbocycles. The Bertz CT molecular complexity index is 999. The first-order valence-electron chi connectivity index (χ1n) is 9.65. The molecule has 4 rings (SSSR count). The summed E-state index contributed by atoms with van der Waals surface area (Å²) in [4.78, 5) is 30.5. The average molecular weight is 452 g/mol. The highest BCUT2D eigenvalue weighted by Crippen LogP contribution is 2.29. The van der Waals surface area contributed by atoms with Crippen LogP contribution >= 0.6 is 0 Å². The molecule has 1 saturated heterocycles. The fourth-order valence-electron chi connectivity index (χ4n) is 3.40. The number of hydrogen-bond acceptors (Lipinski definition) is 6. The number of halogens is 4. The van der Waals surface area contributed by atoms with E-state index in [1.807, 2.05) is 0 Å². The van der Waals surface area contributed by atoms with Gasteiger partial charge in [-0.05, 0) is 24.1 Å². The molecule has 1 aromatic carbocycles. The van der Waals surface area contributed by atoms with Crippen LogP contribution < -0.4 is 10.6 Å². The number of rotatable bonds is 4. The molecule has 2 aromatic rings. The molecule has 0 bridgehead atoms. The number of aromatic nitrogens is 2. The lowest BCUT2D eigenvalue weighted by atomic mass is 10.0. The third-order valence-corrected chi connectivity index (χ3v) is 4.86. The molecule has 1 unspecified atom stereocenters. The summed E-state index contributed by atoms with van der Waals surface area (Å²) in [6.07, 6.45) is 3.99. The zero-order valence-corrected chi connectivity index (χ0v) is 16.8. The summed E-state index contributed by atoms with van der Waals surface area (Å²) < 4.78 is 52.3. The van der Waals surface area contributed by atoms with Crippen LogP contribution in [0.2, 0.25) is 0 Å². The fraction of sp³-hybridized carbons (Fsp3) is 0.350. The Labute approximate surface area is 180 Å². The first kappa shape index (κ1) is 23.1. The van der Waals surface area contributed by atoms with E-state index in [1.165, 1.54) is 23.1 Å². The minimum absolute atomic E-state index is 0.0314. The number of piperidine rings is 1. The van der Waals surface area contributed by atoms with Crippen molar-refractivity contribution in [2.45, 2.75) is 31.2 Å². The molecule has 1 aromatic heterocycles. The molecule has 170 valence electrons. The molecule has 2 N–H and O–H groups in total. The van der Waals surface area contributed by atoms with Crippen molar-refractivity contribution in [1.29, 1.82) is 0 Å². The minimum atomic E-state index is -2.71. The maximum absolute atomic E-state index is 13.2. The Hall–Kier alpha value is -3.57. The van der Waals surface area contributed by atoms with Gasteiger partial charge in [0.2, 0.25) is 6.41 Å². The number of nitrogens with zero attached hydrogens (tertiary/aromatic N) is 5. The maximum atomic E-state index is 13.2. The van der Waals surface area contributed by atoms with Gasteiger partial charge in [0, 0.05) is 37.7 Å². The van der Waals surface area contributed by atoms with Crippen LogP contribution in [0.1, 0.15) is 41.4 Å². The third-order valence-electron chi connectivity index (χ3n) is 4.86. The second-order valence-electron chi connectivity index (χ2n) is 7.24. The zero-order valence-electron chi connectivity index (χ0n) is 16.8. The highest BCUT2D eigenvalue weighted by Gasteiger charge is 2.35. The van der Waals surface area contributed by atoms with Crippen LogP contribution in [0.3, 0.4) is 0 Å². The van der Waals surface area contributed by atoms with Gasteiger partial charge in [0.15, 0.2) is 0 Å². The van der Waals surface area contributed by atoms with Crippen molar-refractivity contribution in [2.24, 2.45) is 10.8 Å². The molecule has 2 aliphatic heterocycles. The molecule has 2 amide bonds. The molecular weight excluding hydrogens is 432 g/mol. The van der Waals surface area contributed by atoms with Gasteiger partial charge in [-0.1, -0.05) is 0 Å². The van der Waals surface area contributed by atoms with Crippen molar-refractivity contribution in [3.05, 3.63) is 53.5 Å². The van der Waals surface area contributed by atoms with Gasteiger partial charge in [-0.25, -0.2) is 32.5 Å². The number of amides is 2. The monoisotopic (exact) mass is 452 g/mol. The summed E-state index contributed by atoms with van der Waals surface area (Å²) >= 11 is 0. The quantitative estimate of drug-likeness (QED) is 0.567. The second-order valence-corrected chi connectivity index (χ2v) is 7.24. The number of primary amides is 1. The van der Waals surface area contributed by atoms with E-state index in [9.17, 15) is 27.2 Å². The molecule has 32 heavy (non-hydrogen) atoms. The second kappa shape index (κ2) is 9.71. The molecule has 8 nitrogen and oxygen atoms in total. The van der Waals surface area contributed by atoms with Gasteiger partial charge >= 0.3 is 0 Å². The van der Waals surface area contributed by atoms with Gasteiger partial charge in [0.25, 0.3) is 11.8 Å². The summed E-state index contributed by atoms with van der Waals surface area (Å²) in [5, 5.41) is 4.91. The molecule has 0 spiro atoms. The van der Waals surface area contributed by atoms with Crippen LogP contribution in [0.5, 0.6) is 0 Å². The maximum Gasteiger partial charge on any atom is 0.267 e. The van der Waals surface area contributed by atoms with Crippen molar-refractivity contribution >= 4 is 24.3 Å². The Morgan fingerprint density at radius 2 is 1.88 bits per heavy atom. The first-order chi connectivity index (χ1) is 15.2. The summed E-state index contributed by atoms with van der Waals surface area (Å²) in [6, 6.07) is 4.15. The molecule has 1 fully saturated rings.